The molecule has 0 radical (unpaired) electrons. The van der Waals surface area contributed by atoms with Gasteiger partial charge in [-0.1, -0.05) is 26.0 Å². The first-order chi connectivity index (χ1) is 15.0. The van der Waals surface area contributed by atoms with Crippen molar-refractivity contribution >= 4 is 0 Å². The predicted octanol–water partition coefficient (Wildman–Crippen LogP) is 7.51. The average Bonchev–Trinajstić information content (AvgIpc) is 3.39. The molecule has 4 aromatic carbocycles. The zero-order chi connectivity index (χ0) is 24.3. The largest absolute Gasteiger partial charge is 4.00 e. The first-order valence-electron chi connectivity index (χ1n) is 8.82. The topological polar surface area (TPSA) is 0 Å². The smallest absolute Gasteiger partial charge is 0.278 e. The van der Waals surface area contributed by atoms with Crippen LogP contribution in [0.4, 0.5) is 35.1 Å². The predicted molar refractivity (Wildman–Crippen MR) is 104 cm³/mol. The summed E-state index contributed by atoms with van der Waals surface area (Å²) in [6.07, 6.45) is 0. The molecule has 4 rings (SSSR count). The van der Waals surface area contributed by atoms with Gasteiger partial charge in [-0.3, -0.25) is 8.78 Å². The van der Waals surface area contributed by atoms with Crippen LogP contribution in [0.15, 0.2) is 60.7 Å². The Morgan fingerprint density at radius 2 is 0.818 bits per heavy atom. The van der Waals surface area contributed by atoms with Crippen LogP contribution in [0.1, 0.15) is 11.1 Å². The normalized spacial score (nSPS) is 9.27. The van der Waals surface area contributed by atoms with Gasteiger partial charge in [-0.15, -0.1) is 12.1 Å². The van der Waals surface area contributed by atoms with E-state index >= 15 is 0 Å². The SMILES string of the molecule is C[c-]1cccc1.C[c-]1cccc1.Fc1[c-]c(F)c(F)c(F)c1.Fc1[c-]c(F)c(F)c(F)c1.[Ti+4]. The van der Waals surface area contributed by atoms with E-state index in [-0.39, 0.29) is 33.9 Å². The molecule has 0 spiro atoms. The average molecular weight is 504 g/mol. The number of rotatable bonds is 0. The molecule has 0 aromatic heterocycles. The van der Waals surface area contributed by atoms with Crippen molar-refractivity contribution in [1.29, 1.82) is 0 Å². The van der Waals surface area contributed by atoms with E-state index in [1.807, 2.05) is 24.3 Å². The van der Waals surface area contributed by atoms with E-state index in [2.05, 4.69) is 38.1 Å². The van der Waals surface area contributed by atoms with Gasteiger partial charge in [-0.25, -0.2) is 50.6 Å². The molecule has 0 fully saturated rings. The second kappa shape index (κ2) is 15.2. The van der Waals surface area contributed by atoms with E-state index in [1.54, 1.807) is 0 Å². The van der Waals surface area contributed by atoms with Crippen molar-refractivity contribution in [3.63, 3.8) is 0 Å². The summed E-state index contributed by atoms with van der Waals surface area (Å²) in [4.78, 5) is 0. The van der Waals surface area contributed by atoms with Crippen LogP contribution in [-0.4, -0.2) is 0 Å². The Bertz CT molecular complexity index is 940. The van der Waals surface area contributed by atoms with Gasteiger partial charge in [-0.05, 0) is 0 Å². The quantitative estimate of drug-likeness (QED) is 0.0765. The molecule has 172 valence electrons. The van der Waals surface area contributed by atoms with E-state index in [4.69, 9.17) is 0 Å². The first-order valence-corrected chi connectivity index (χ1v) is 8.82. The Balaban J connectivity index is 0.000000420. The van der Waals surface area contributed by atoms with Gasteiger partial charge in [-0.2, -0.15) is 35.4 Å². The number of benzene rings is 2. The monoisotopic (exact) mass is 504 g/mol. The Labute approximate surface area is 201 Å². The fourth-order valence-corrected chi connectivity index (χ4v) is 1.89. The molecule has 0 unspecified atom stereocenters. The number of aryl methyl sites for hydroxylation is 2. The minimum atomic E-state index is -1.71. The summed E-state index contributed by atoms with van der Waals surface area (Å²) < 4.78 is 95.5. The van der Waals surface area contributed by atoms with Crippen molar-refractivity contribution in [3.8, 4) is 0 Å². The molecular formula is C24H16F8Ti. The molecule has 0 aliphatic heterocycles. The van der Waals surface area contributed by atoms with Crippen LogP contribution in [0, 0.1) is 72.5 Å². The maximum Gasteiger partial charge on any atom is 4.00 e. The van der Waals surface area contributed by atoms with Crippen molar-refractivity contribution in [1.82, 2.24) is 0 Å². The van der Waals surface area contributed by atoms with Gasteiger partial charge < -0.3 is 0 Å². The summed E-state index contributed by atoms with van der Waals surface area (Å²) in [5.41, 5.74) is 2.69. The number of hydrogen-bond acceptors (Lipinski definition) is 0. The van der Waals surface area contributed by atoms with Gasteiger partial charge in [0.05, 0.1) is 34.9 Å². The maximum absolute atomic E-state index is 12.0. The minimum Gasteiger partial charge on any atom is -0.278 e. The van der Waals surface area contributed by atoms with E-state index in [0.29, 0.717) is 0 Å². The summed E-state index contributed by atoms with van der Waals surface area (Å²) >= 11 is 0. The third-order valence-corrected chi connectivity index (χ3v) is 3.43. The van der Waals surface area contributed by atoms with Crippen molar-refractivity contribution < 1.29 is 56.8 Å². The van der Waals surface area contributed by atoms with Crippen LogP contribution < -0.4 is 0 Å². The van der Waals surface area contributed by atoms with Crippen molar-refractivity contribution in [2.75, 3.05) is 0 Å². The molecular weight excluding hydrogens is 488 g/mol. The second-order valence-electron chi connectivity index (χ2n) is 6.11. The summed E-state index contributed by atoms with van der Waals surface area (Å²) in [5.74, 6) is -12.3. The number of halogens is 8. The Hall–Kier alpha value is -2.71. The summed E-state index contributed by atoms with van der Waals surface area (Å²) in [5, 5.41) is 0. The molecule has 0 saturated heterocycles. The first kappa shape index (κ1) is 30.3. The van der Waals surface area contributed by atoms with Crippen LogP contribution in [0.3, 0.4) is 0 Å². The molecule has 0 bridgehead atoms. The summed E-state index contributed by atoms with van der Waals surface area (Å²) in [7, 11) is 0. The van der Waals surface area contributed by atoms with Gasteiger partial charge in [0, 0.05) is 11.6 Å². The summed E-state index contributed by atoms with van der Waals surface area (Å²) in [6, 6.07) is 19.6. The third-order valence-electron chi connectivity index (χ3n) is 3.43. The fraction of sp³-hybridized carbons (Fsp3) is 0.0833. The molecule has 0 amide bonds. The van der Waals surface area contributed by atoms with Crippen LogP contribution >= 0.6 is 0 Å². The van der Waals surface area contributed by atoms with E-state index in [9.17, 15) is 35.1 Å². The van der Waals surface area contributed by atoms with Gasteiger partial charge in [0.15, 0.2) is 0 Å². The van der Waals surface area contributed by atoms with Crippen LogP contribution in [-0.2, 0) is 21.7 Å². The Morgan fingerprint density at radius 3 is 1.00 bits per heavy atom. The third kappa shape index (κ3) is 11.6. The minimum absolute atomic E-state index is 0. The van der Waals surface area contributed by atoms with Crippen LogP contribution in [0.5, 0.6) is 0 Å². The Kier molecular flexibility index (Phi) is 13.9. The van der Waals surface area contributed by atoms with Gasteiger partial charge >= 0.3 is 21.7 Å². The summed E-state index contributed by atoms with van der Waals surface area (Å²) in [6.45, 7) is 4.17. The molecule has 0 atom stereocenters. The van der Waals surface area contributed by atoms with E-state index in [1.165, 1.54) is 23.3 Å². The molecule has 0 aliphatic carbocycles. The zero-order valence-electron chi connectivity index (χ0n) is 17.3. The second-order valence-corrected chi connectivity index (χ2v) is 6.11. The van der Waals surface area contributed by atoms with Crippen LogP contribution in [0.25, 0.3) is 0 Å². The van der Waals surface area contributed by atoms with Crippen molar-refractivity contribution in [3.05, 3.63) is 130 Å². The molecule has 0 heterocycles. The van der Waals surface area contributed by atoms with Gasteiger partial charge in [0.25, 0.3) is 0 Å². The zero-order valence-corrected chi connectivity index (χ0v) is 18.9. The maximum atomic E-state index is 12.0. The Morgan fingerprint density at radius 1 is 0.545 bits per heavy atom. The standard InChI is InChI=1S/2C6HF4.2C6H7.Ti/c2*7-3-1-4(8)6(10)5(9)2-3;2*1-6-4-2-3-5-6;/h2*1H;2*2-5H,1H3;/q4*-1;+4. The fourth-order valence-electron chi connectivity index (χ4n) is 1.89. The van der Waals surface area contributed by atoms with Crippen LogP contribution in [0.2, 0.25) is 0 Å². The van der Waals surface area contributed by atoms with Crippen molar-refractivity contribution in [2.24, 2.45) is 0 Å². The molecule has 0 aliphatic rings. The van der Waals surface area contributed by atoms with Crippen molar-refractivity contribution in [2.45, 2.75) is 13.8 Å². The van der Waals surface area contributed by atoms with E-state index < -0.39 is 46.5 Å². The van der Waals surface area contributed by atoms with E-state index in [0.717, 1.165) is 0 Å². The molecule has 33 heavy (non-hydrogen) atoms. The molecule has 9 heteroatoms. The van der Waals surface area contributed by atoms with Gasteiger partial charge in [0.1, 0.15) is 0 Å². The molecule has 0 nitrogen and oxygen atoms in total. The molecule has 0 N–H and O–H groups in total. The number of hydrogen-bond donors (Lipinski definition) is 0. The molecule has 0 saturated carbocycles. The molecule has 4 aromatic rings. The van der Waals surface area contributed by atoms with Gasteiger partial charge in [0.2, 0.25) is 0 Å².